The Hall–Kier alpha value is -4.17. The molecule has 1 atom stereocenters. The van der Waals surface area contributed by atoms with Crippen LogP contribution in [0.5, 0.6) is 0 Å². The van der Waals surface area contributed by atoms with Gasteiger partial charge < -0.3 is 21.3 Å². The van der Waals surface area contributed by atoms with Crippen molar-refractivity contribution in [2.45, 2.75) is 26.8 Å². The number of nitrogens with zero attached hydrogens (tertiary/aromatic N) is 3. The van der Waals surface area contributed by atoms with E-state index in [2.05, 4.69) is 36.2 Å². The molecule has 3 aromatic carbocycles. The van der Waals surface area contributed by atoms with E-state index in [1.807, 2.05) is 62.4 Å². The maximum absolute atomic E-state index is 12.7. The Balaban J connectivity index is 1.54. The number of hydrogen-bond donors (Lipinski definition) is 4. The van der Waals surface area contributed by atoms with Gasteiger partial charge in [-0.2, -0.15) is 15.0 Å². The number of aryl methyl sites for hydroxylation is 2. The molecule has 35 heavy (non-hydrogen) atoms. The minimum Gasteiger partial charge on any atom is -0.342 e. The van der Waals surface area contributed by atoms with E-state index in [9.17, 15) is 4.79 Å². The lowest BCUT2D eigenvalue weighted by Crippen LogP contribution is -2.32. The molecule has 0 radical (unpaired) electrons. The van der Waals surface area contributed by atoms with Gasteiger partial charge in [-0.05, 0) is 69.3 Å². The largest absolute Gasteiger partial charge is 0.342 e. The molecule has 8 nitrogen and oxygen atoms in total. The van der Waals surface area contributed by atoms with Crippen molar-refractivity contribution in [3.63, 3.8) is 0 Å². The van der Waals surface area contributed by atoms with E-state index in [-0.39, 0.29) is 11.9 Å². The van der Waals surface area contributed by atoms with Gasteiger partial charge in [0.15, 0.2) is 0 Å². The number of anilines is 6. The molecular weight excluding hydrogens is 462 g/mol. The Morgan fingerprint density at radius 1 is 0.686 bits per heavy atom. The predicted molar refractivity (Wildman–Crippen MR) is 142 cm³/mol. The highest BCUT2D eigenvalue weighted by Gasteiger charge is 2.16. The van der Waals surface area contributed by atoms with E-state index >= 15 is 0 Å². The Labute approximate surface area is 209 Å². The topological polar surface area (TPSA) is 104 Å². The highest BCUT2D eigenvalue weighted by Crippen LogP contribution is 2.20. The molecule has 0 aliphatic carbocycles. The van der Waals surface area contributed by atoms with Crippen molar-refractivity contribution in [2.75, 3.05) is 21.3 Å². The number of carbonyl (C=O) groups excluding carboxylic acids is 1. The monoisotopic (exact) mass is 487 g/mol. The van der Waals surface area contributed by atoms with Crippen LogP contribution in [0.2, 0.25) is 5.02 Å². The lowest BCUT2D eigenvalue weighted by atomic mass is 10.2. The molecule has 1 amide bonds. The fourth-order valence-electron chi connectivity index (χ4n) is 3.13. The molecule has 0 bridgehead atoms. The normalized spacial score (nSPS) is 11.4. The zero-order chi connectivity index (χ0) is 24.8. The maximum Gasteiger partial charge on any atom is 0.246 e. The van der Waals surface area contributed by atoms with Crippen LogP contribution in [0.4, 0.5) is 34.9 Å². The maximum atomic E-state index is 12.7. The second kappa shape index (κ2) is 10.8. The summed E-state index contributed by atoms with van der Waals surface area (Å²) < 4.78 is 0. The van der Waals surface area contributed by atoms with E-state index in [0.29, 0.717) is 22.6 Å². The third-order valence-corrected chi connectivity index (χ3v) is 5.35. The summed E-state index contributed by atoms with van der Waals surface area (Å²) in [6.45, 7) is 5.78. The molecule has 1 heterocycles. The fourth-order valence-corrected chi connectivity index (χ4v) is 3.25. The van der Waals surface area contributed by atoms with Gasteiger partial charge in [-0.15, -0.1) is 0 Å². The summed E-state index contributed by atoms with van der Waals surface area (Å²) in [4.78, 5) is 26.1. The fraction of sp³-hybridized carbons (Fsp3) is 0.154. The minimum atomic E-state index is -0.618. The second-order valence-electron chi connectivity index (χ2n) is 8.15. The van der Waals surface area contributed by atoms with Crippen LogP contribution in [0.15, 0.2) is 72.8 Å². The Morgan fingerprint density at radius 3 is 1.60 bits per heavy atom. The molecule has 4 N–H and O–H groups in total. The summed E-state index contributed by atoms with van der Waals surface area (Å²) in [5.74, 6) is 0.689. The Kier molecular flexibility index (Phi) is 7.42. The number of hydrogen-bond acceptors (Lipinski definition) is 7. The number of aromatic nitrogens is 3. The van der Waals surface area contributed by atoms with Gasteiger partial charge in [0.2, 0.25) is 23.8 Å². The van der Waals surface area contributed by atoms with Gasteiger partial charge in [-0.1, -0.05) is 47.0 Å². The van der Waals surface area contributed by atoms with Crippen molar-refractivity contribution in [3.05, 3.63) is 88.9 Å². The number of nitrogens with one attached hydrogen (secondary N) is 4. The van der Waals surface area contributed by atoms with Gasteiger partial charge in [0.25, 0.3) is 0 Å². The molecule has 0 saturated heterocycles. The van der Waals surface area contributed by atoms with Crippen molar-refractivity contribution in [1.82, 2.24) is 15.0 Å². The molecule has 0 aliphatic heterocycles. The summed E-state index contributed by atoms with van der Waals surface area (Å²) in [6, 6.07) is 22.1. The molecule has 0 saturated carbocycles. The Morgan fingerprint density at radius 2 is 1.11 bits per heavy atom. The zero-order valence-corrected chi connectivity index (χ0v) is 20.4. The summed E-state index contributed by atoms with van der Waals surface area (Å²) in [6.07, 6.45) is 0. The second-order valence-corrected chi connectivity index (χ2v) is 8.59. The van der Waals surface area contributed by atoms with E-state index in [1.54, 1.807) is 31.2 Å². The number of rotatable bonds is 8. The highest BCUT2D eigenvalue weighted by molar-refractivity contribution is 6.30. The molecule has 0 fully saturated rings. The smallest absolute Gasteiger partial charge is 0.246 e. The first-order chi connectivity index (χ1) is 16.8. The lowest BCUT2D eigenvalue weighted by molar-refractivity contribution is -0.116. The molecule has 9 heteroatoms. The lowest BCUT2D eigenvalue weighted by Gasteiger charge is -2.16. The standard InChI is InChI=1S/C26H26ClN7O/c1-16-4-10-21(11-5-16)30-25-32-24(33-26(34-25)31-22-12-6-17(2)7-13-22)28-18(3)23(35)29-20-14-8-19(27)9-15-20/h4-15,18H,1-3H3,(H,29,35)(H3,28,30,31,32,33,34)/t18-/m1/s1. The van der Waals surface area contributed by atoms with Crippen molar-refractivity contribution < 1.29 is 4.79 Å². The summed E-state index contributed by atoms with van der Waals surface area (Å²) in [5, 5.41) is 12.9. The molecule has 0 unspecified atom stereocenters. The number of amides is 1. The molecule has 4 aromatic rings. The minimum absolute atomic E-state index is 0.242. The average molecular weight is 488 g/mol. The molecule has 0 aliphatic rings. The van der Waals surface area contributed by atoms with E-state index < -0.39 is 6.04 Å². The van der Waals surface area contributed by atoms with Crippen LogP contribution < -0.4 is 21.3 Å². The first-order valence-corrected chi connectivity index (χ1v) is 11.5. The van der Waals surface area contributed by atoms with Crippen LogP contribution in [-0.4, -0.2) is 26.9 Å². The van der Waals surface area contributed by atoms with Gasteiger partial charge in [0, 0.05) is 22.1 Å². The third-order valence-electron chi connectivity index (χ3n) is 5.10. The molecule has 0 spiro atoms. The first kappa shape index (κ1) is 24.0. The van der Waals surface area contributed by atoms with Crippen molar-refractivity contribution in [2.24, 2.45) is 0 Å². The van der Waals surface area contributed by atoms with Crippen molar-refractivity contribution in [1.29, 1.82) is 0 Å². The number of carbonyl (C=O) groups is 1. The number of benzene rings is 3. The van der Waals surface area contributed by atoms with Gasteiger partial charge in [0.1, 0.15) is 6.04 Å². The SMILES string of the molecule is Cc1ccc(Nc2nc(Nc3ccc(C)cc3)nc(N[C@H](C)C(=O)Nc3ccc(Cl)cc3)n2)cc1. The molecular formula is C26H26ClN7O. The average Bonchev–Trinajstić information content (AvgIpc) is 2.83. The van der Waals surface area contributed by atoms with Crippen molar-refractivity contribution >= 4 is 52.4 Å². The van der Waals surface area contributed by atoms with Crippen LogP contribution in [0, 0.1) is 13.8 Å². The summed E-state index contributed by atoms with van der Waals surface area (Å²) >= 11 is 5.92. The van der Waals surface area contributed by atoms with Gasteiger partial charge in [0.05, 0.1) is 0 Å². The van der Waals surface area contributed by atoms with Gasteiger partial charge in [-0.25, -0.2) is 0 Å². The van der Waals surface area contributed by atoms with Crippen LogP contribution in [-0.2, 0) is 4.79 Å². The Bertz CT molecular complexity index is 1230. The van der Waals surface area contributed by atoms with E-state index in [1.165, 1.54) is 0 Å². The number of halogens is 1. The summed E-state index contributed by atoms with van der Waals surface area (Å²) in [7, 11) is 0. The van der Waals surface area contributed by atoms with E-state index in [4.69, 9.17) is 11.6 Å². The third kappa shape index (κ3) is 6.91. The summed E-state index contributed by atoms with van der Waals surface area (Å²) in [5.41, 5.74) is 4.61. The molecule has 178 valence electrons. The zero-order valence-electron chi connectivity index (χ0n) is 19.6. The quantitative estimate of drug-likeness (QED) is 0.239. The van der Waals surface area contributed by atoms with Gasteiger partial charge in [-0.3, -0.25) is 4.79 Å². The van der Waals surface area contributed by atoms with E-state index in [0.717, 1.165) is 22.5 Å². The van der Waals surface area contributed by atoms with Crippen LogP contribution in [0.1, 0.15) is 18.1 Å². The first-order valence-electron chi connectivity index (χ1n) is 11.1. The highest BCUT2D eigenvalue weighted by atomic mass is 35.5. The van der Waals surface area contributed by atoms with Crippen molar-refractivity contribution in [3.8, 4) is 0 Å². The predicted octanol–water partition coefficient (Wildman–Crippen LogP) is 6.07. The molecule has 4 rings (SSSR count). The van der Waals surface area contributed by atoms with Crippen LogP contribution >= 0.6 is 11.6 Å². The van der Waals surface area contributed by atoms with Gasteiger partial charge >= 0.3 is 0 Å². The molecule has 1 aromatic heterocycles. The van der Waals surface area contributed by atoms with Crippen LogP contribution in [0.3, 0.4) is 0 Å². The van der Waals surface area contributed by atoms with Crippen LogP contribution in [0.25, 0.3) is 0 Å².